The van der Waals surface area contributed by atoms with Gasteiger partial charge in [-0.05, 0) is 0 Å². The molecule has 0 aliphatic carbocycles. The van der Waals surface area contributed by atoms with Crippen molar-refractivity contribution < 1.29 is 4.74 Å². The molecule has 1 aromatic carbocycles. The van der Waals surface area contributed by atoms with E-state index in [0.717, 1.165) is 32.0 Å². The Morgan fingerprint density at radius 2 is 1.77 bits per heavy atom. The van der Waals surface area contributed by atoms with Crippen molar-refractivity contribution in [3.63, 3.8) is 0 Å². The molecule has 0 unspecified atom stereocenters. The van der Waals surface area contributed by atoms with Crippen LogP contribution in [-0.4, -0.2) is 44.3 Å². The minimum atomic E-state index is 0.896. The molecule has 0 radical (unpaired) electrons. The van der Waals surface area contributed by atoms with Crippen molar-refractivity contribution in [2.24, 2.45) is 0 Å². The zero-order valence-corrected chi connectivity index (χ0v) is 10.8. The second kappa shape index (κ2) is 4.38. The third-order valence-corrected chi connectivity index (χ3v) is 8.15. The van der Waals surface area contributed by atoms with Crippen LogP contribution >= 0.6 is 0 Å². The van der Waals surface area contributed by atoms with Gasteiger partial charge in [-0.2, -0.15) is 0 Å². The first-order valence-corrected chi connectivity index (χ1v) is 10.8. The molecular formula is C9H11NOSe2. The number of ether oxygens (including phenoxy) is 1. The van der Waals surface area contributed by atoms with Gasteiger partial charge in [0.2, 0.25) is 0 Å². The molecule has 0 saturated carbocycles. The SMILES string of the molecule is COc1ccc(N2C[Se][Se]C2)cc1. The van der Waals surface area contributed by atoms with E-state index in [0.29, 0.717) is 0 Å². The monoisotopic (exact) mass is 309 g/mol. The van der Waals surface area contributed by atoms with Gasteiger partial charge in [0.1, 0.15) is 0 Å². The molecule has 2 rings (SSSR count). The van der Waals surface area contributed by atoms with E-state index in [9.17, 15) is 0 Å². The van der Waals surface area contributed by atoms with Gasteiger partial charge in [0, 0.05) is 0 Å². The van der Waals surface area contributed by atoms with Crippen LogP contribution in [0, 0.1) is 0 Å². The molecule has 0 atom stereocenters. The summed E-state index contributed by atoms with van der Waals surface area (Å²) in [5.41, 5.74) is 3.93. The molecular weight excluding hydrogens is 296 g/mol. The predicted octanol–water partition coefficient (Wildman–Crippen LogP) is 0.754. The Morgan fingerprint density at radius 3 is 2.31 bits per heavy atom. The van der Waals surface area contributed by atoms with Crippen LogP contribution in [0.4, 0.5) is 5.69 Å². The summed E-state index contributed by atoms with van der Waals surface area (Å²) in [6, 6.07) is 8.37. The van der Waals surface area contributed by atoms with Gasteiger partial charge in [-0.1, -0.05) is 0 Å². The number of benzene rings is 1. The Balaban J connectivity index is 2.12. The van der Waals surface area contributed by atoms with Crippen LogP contribution in [-0.2, 0) is 0 Å². The third-order valence-electron chi connectivity index (χ3n) is 1.94. The van der Waals surface area contributed by atoms with E-state index in [-0.39, 0.29) is 0 Å². The Bertz CT molecular complexity index is 269. The first-order valence-electron chi connectivity index (χ1n) is 4.03. The Morgan fingerprint density at radius 1 is 1.15 bits per heavy atom. The molecule has 0 N–H and O–H groups in total. The summed E-state index contributed by atoms with van der Waals surface area (Å²) in [6.07, 6.45) is 0. The van der Waals surface area contributed by atoms with Crippen LogP contribution in [0.3, 0.4) is 0 Å². The Labute approximate surface area is 89.5 Å². The standard InChI is InChI=1S/C9H11NOSe2/c1-11-9-4-2-8(3-5-9)10-6-12-13-7-10/h2-5H,6-7H2,1H3. The molecule has 1 aromatic rings. The fourth-order valence-electron chi connectivity index (χ4n) is 1.18. The fourth-order valence-corrected chi connectivity index (χ4v) is 8.02. The van der Waals surface area contributed by atoms with Crippen molar-refractivity contribution in [3.05, 3.63) is 24.3 Å². The molecule has 1 saturated heterocycles. The summed E-state index contributed by atoms with van der Waals surface area (Å²) in [5.74, 6) is 0.943. The van der Waals surface area contributed by atoms with Crippen molar-refractivity contribution in [1.29, 1.82) is 0 Å². The summed E-state index contributed by atoms with van der Waals surface area (Å²) in [6.45, 7) is 0. The van der Waals surface area contributed by atoms with Gasteiger partial charge >= 0.3 is 89.6 Å². The van der Waals surface area contributed by atoms with Crippen molar-refractivity contribution in [2.75, 3.05) is 22.9 Å². The number of methoxy groups -OCH3 is 1. The van der Waals surface area contributed by atoms with Crippen molar-refractivity contribution >= 4 is 32.0 Å². The fraction of sp³-hybridized carbons (Fsp3) is 0.333. The van der Waals surface area contributed by atoms with Crippen LogP contribution in [0.5, 0.6) is 5.75 Å². The first-order chi connectivity index (χ1) is 6.40. The number of rotatable bonds is 2. The zero-order chi connectivity index (χ0) is 9.10. The normalized spacial score (nSPS) is 16.2. The first kappa shape index (κ1) is 9.42. The van der Waals surface area contributed by atoms with E-state index in [2.05, 4.69) is 17.0 Å². The predicted molar refractivity (Wildman–Crippen MR) is 56.7 cm³/mol. The van der Waals surface area contributed by atoms with Gasteiger partial charge in [-0.25, -0.2) is 0 Å². The van der Waals surface area contributed by atoms with Gasteiger partial charge in [-0.15, -0.1) is 0 Å². The summed E-state index contributed by atoms with van der Waals surface area (Å²) < 4.78 is 5.12. The van der Waals surface area contributed by atoms with E-state index in [1.165, 1.54) is 16.6 Å². The Hall–Kier alpha value is -0.141. The van der Waals surface area contributed by atoms with Crippen molar-refractivity contribution in [2.45, 2.75) is 0 Å². The molecule has 2 nitrogen and oxygen atoms in total. The van der Waals surface area contributed by atoms with E-state index >= 15 is 0 Å². The second-order valence-electron chi connectivity index (χ2n) is 2.73. The van der Waals surface area contributed by atoms with E-state index in [1.54, 1.807) is 7.11 Å². The van der Waals surface area contributed by atoms with Gasteiger partial charge in [-0.3, -0.25) is 0 Å². The molecule has 70 valence electrons. The summed E-state index contributed by atoms with van der Waals surface area (Å²) in [5, 5.41) is 0. The molecule has 0 aromatic heterocycles. The molecule has 1 aliphatic heterocycles. The summed E-state index contributed by atoms with van der Waals surface area (Å²) in [4.78, 5) is 2.47. The second-order valence-corrected chi connectivity index (χ2v) is 9.94. The van der Waals surface area contributed by atoms with Gasteiger partial charge < -0.3 is 0 Å². The maximum atomic E-state index is 5.12. The molecule has 0 bridgehead atoms. The quantitative estimate of drug-likeness (QED) is 0.748. The molecule has 0 spiro atoms. The minimum absolute atomic E-state index is 0.896. The van der Waals surface area contributed by atoms with Crippen LogP contribution in [0.25, 0.3) is 0 Å². The van der Waals surface area contributed by atoms with Crippen LogP contribution in [0.1, 0.15) is 0 Å². The number of anilines is 1. The van der Waals surface area contributed by atoms with Crippen molar-refractivity contribution in [3.8, 4) is 5.75 Å². The number of nitrogens with zero attached hydrogens (tertiary/aromatic N) is 1. The molecule has 1 heterocycles. The van der Waals surface area contributed by atoms with Gasteiger partial charge in [0.15, 0.2) is 0 Å². The summed E-state index contributed by atoms with van der Waals surface area (Å²) >= 11 is 1.79. The van der Waals surface area contributed by atoms with Crippen LogP contribution in [0.15, 0.2) is 24.3 Å². The van der Waals surface area contributed by atoms with Crippen LogP contribution < -0.4 is 9.64 Å². The van der Waals surface area contributed by atoms with E-state index < -0.39 is 0 Å². The molecule has 4 heteroatoms. The molecule has 0 amide bonds. The maximum absolute atomic E-state index is 5.12. The topological polar surface area (TPSA) is 12.5 Å². The molecule has 1 aliphatic rings. The van der Waals surface area contributed by atoms with Crippen molar-refractivity contribution in [1.82, 2.24) is 0 Å². The summed E-state index contributed by atoms with van der Waals surface area (Å²) in [7, 11) is 1.71. The molecule has 1 fully saturated rings. The Kier molecular flexibility index (Phi) is 3.18. The number of hydrogen-bond donors (Lipinski definition) is 0. The van der Waals surface area contributed by atoms with Gasteiger partial charge in [0.25, 0.3) is 0 Å². The third kappa shape index (κ3) is 2.21. The van der Waals surface area contributed by atoms with Crippen LogP contribution in [0.2, 0.25) is 0 Å². The van der Waals surface area contributed by atoms with E-state index in [1.807, 2.05) is 12.1 Å². The van der Waals surface area contributed by atoms with Gasteiger partial charge in [0.05, 0.1) is 0 Å². The average molecular weight is 307 g/mol. The van der Waals surface area contributed by atoms with E-state index in [4.69, 9.17) is 4.74 Å². The number of hydrogen-bond acceptors (Lipinski definition) is 2. The molecule has 13 heavy (non-hydrogen) atoms. The zero-order valence-electron chi connectivity index (χ0n) is 7.40. The average Bonchev–Trinajstić information content (AvgIpc) is 2.71.